The highest BCUT2D eigenvalue weighted by Gasteiger charge is 2.30. The monoisotopic (exact) mass is 282 g/mol. The van der Waals surface area contributed by atoms with Crippen molar-refractivity contribution in [2.24, 2.45) is 5.73 Å². The summed E-state index contributed by atoms with van der Waals surface area (Å²) in [5.41, 5.74) is 5.95. The van der Waals surface area contributed by atoms with Crippen molar-refractivity contribution in [2.75, 3.05) is 6.54 Å². The van der Waals surface area contributed by atoms with Crippen LogP contribution in [0.15, 0.2) is 18.2 Å². The summed E-state index contributed by atoms with van der Waals surface area (Å²) in [6, 6.07) is 3.45. The van der Waals surface area contributed by atoms with Gasteiger partial charge in [-0.1, -0.05) is 6.07 Å². The molecule has 1 fully saturated rings. The lowest BCUT2D eigenvalue weighted by Crippen LogP contribution is -2.52. The van der Waals surface area contributed by atoms with E-state index in [4.69, 9.17) is 5.73 Å². The highest BCUT2D eigenvalue weighted by Crippen LogP contribution is 2.23. The normalized spacial score (nSPS) is 22.9. The first-order valence-electron chi connectivity index (χ1n) is 6.98. The Labute approximate surface area is 117 Å². The molecule has 1 aliphatic rings. The average Bonchev–Trinajstić information content (AvgIpc) is 2.41. The van der Waals surface area contributed by atoms with Crippen molar-refractivity contribution < 1.29 is 13.6 Å². The van der Waals surface area contributed by atoms with Gasteiger partial charge in [-0.3, -0.25) is 4.79 Å². The molecule has 110 valence electrons. The molecule has 2 N–H and O–H groups in total. The highest BCUT2D eigenvalue weighted by atomic mass is 19.1. The number of halogens is 2. The van der Waals surface area contributed by atoms with Crippen LogP contribution >= 0.6 is 0 Å². The van der Waals surface area contributed by atoms with E-state index in [2.05, 4.69) is 0 Å². The van der Waals surface area contributed by atoms with Crippen LogP contribution in [0.25, 0.3) is 0 Å². The Balaban J connectivity index is 2.13. The van der Waals surface area contributed by atoms with Crippen molar-refractivity contribution in [1.29, 1.82) is 0 Å². The third kappa shape index (κ3) is 3.15. The van der Waals surface area contributed by atoms with E-state index in [0.29, 0.717) is 6.54 Å². The van der Waals surface area contributed by atoms with Crippen LogP contribution in [0.4, 0.5) is 8.78 Å². The predicted octanol–water partition coefficient (Wildman–Crippen LogP) is 2.24. The van der Waals surface area contributed by atoms with Gasteiger partial charge >= 0.3 is 0 Å². The maximum absolute atomic E-state index is 13.6. The van der Waals surface area contributed by atoms with Gasteiger partial charge in [0, 0.05) is 24.7 Å². The lowest BCUT2D eigenvalue weighted by Gasteiger charge is -2.40. The number of rotatable bonds is 3. The van der Waals surface area contributed by atoms with Crippen LogP contribution in [0, 0.1) is 11.6 Å². The molecule has 1 aliphatic heterocycles. The van der Waals surface area contributed by atoms with Crippen LogP contribution in [0.3, 0.4) is 0 Å². The topological polar surface area (TPSA) is 46.3 Å². The van der Waals surface area contributed by atoms with Gasteiger partial charge in [-0.05, 0) is 37.8 Å². The molecular weight excluding hydrogens is 262 g/mol. The van der Waals surface area contributed by atoms with Crippen LogP contribution in [0.2, 0.25) is 0 Å². The third-order valence-electron chi connectivity index (χ3n) is 3.94. The van der Waals surface area contributed by atoms with E-state index in [-0.39, 0.29) is 30.0 Å². The molecule has 0 bridgehead atoms. The molecule has 1 amide bonds. The largest absolute Gasteiger partial charge is 0.335 e. The fraction of sp³-hybridized carbons (Fsp3) is 0.533. The standard InChI is InChI=1S/C15H20F2N2O/c1-10-3-2-4-13(9-18)19(10)15(20)7-11-5-6-12(16)8-14(11)17/h5-6,8,10,13H,2-4,7,9,18H2,1H3. The van der Waals surface area contributed by atoms with Gasteiger partial charge < -0.3 is 10.6 Å². The first kappa shape index (κ1) is 14.9. The molecule has 0 spiro atoms. The molecule has 2 atom stereocenters. The van der Waals surface area contributed by atoms with Crippen LogP contribution < -0.4 is 5.73 Å². The fourth-order valence-corrected chi connectivity index (χ4v) is 2.89. The zero-order valence-corrected chi connectivity index (χ0v) is 11.6. The number of hydrogen-bond acceptors (Lipinski definition) is 2. The highest BCUT2D eigenvalue weighted by molar-refractivity contribution is 5.79. The number of hydrogen-bond donors (Lipinski definition) is 1. The minimum atomic E-state index is -0.674. The van der Waals surface area contributed by atoms with Crippen LogP contribution in [0.5, 0.6) is 0 Å². The number of amides is 1. The van der Waals surface area contributed by atoms with Crippen molar-refractivity contribution in [3.8, 4) is 0 Å². The van der Waals surface area contributed by atoms with E-state index < -0.39 is 11.6 Å². The van der Waals surface area contributed by atoms with E-state index in [0.717, 1.165) is 25.3 Å². The van der Waals surface area contributed by atoms with E-state index in [1.165, 1.54) is 12.1 Å². The first-order valence-corrected chi connectivity index (χ1v) is 6.98. The molecule has 0 aromatic heterocycles. The second-order valence-electron chi connectivity index (χ2n) is 5.38. The number of benzene rings is 1. The summed E-state index contributed by atoms with van der Waals surface area (Å²) in [5.74, 6) is -1.45. The molecule has 2 unspecified atom stereocenters. The van der Waals surface area contributed by atoms with Crippen molar-refractivity contribution in [2.45, 2.75) is 44.7 Å². The van der Waals surface area contributed by atoms with E-state index >= 15 is 0 Å². The third-order valence-corrected chi connectivity index (χ3v) is 3.94. The molecular formula is C15H20F2N2O. The summed E-state index contributed by atoms with van der Waals surface area (Å²) in [5, 5.41) is 0. The molecule has 1 aromatic rings. The Bertz CT molecular complexity index is 493. The first-order chi connectivity index (χ1) is 9.52. The number of likely N-dealkylation sites (tertiary alicyclic amines) is 1. The van der Waals surface area contributed by atoms with Crippen LogP contribution in [-0.2, 0) is 11.2 Å². The Kier molecular flexibility index (Phi) is 4.70. The summed E-state index contributed by atoms with van der Waals surface area (Å²) in [6.45, 7) is 2.41. The quantitative estimate of drug-likeness (QED) is 0.924. The summed E-state index contributed by atoms with van der Waals surface area (Å²) >= 11 is 0. The Hall–Kier alpha value is -1.49. The van der Waals surface area contributed by atoms with Crippen LogP contribution in [-0.4, -0.2) is 29.4 Å². The number of piperidine rings is 1. The zero-order chi connectivity index (χ0) is 14.7. The molecule has 2 rings (SSSR count). The molecule has 20 heavy (non-hydrogen) atoms. The van der Waals surface area contributed by atoms with Crippen molar-refractivity contribution in [3.63, 3.8) is 0 Å². The minimum absolute atomic E-state index is 0.0229. The maximum Gasteiger partial charge on any atom is 0.227 e. The van der Waals surface area contributed by atoms with E-state index in [9.17, 15) is 13.6 Å². The summed E-state index contributed by atoms with van der Waals surface area (Å²) in [7, 11) is 0. The molecule has 3 nitrogen and oxygen atoms in total. The Morgan fingerprint density at radius 1 is 1.40 bits per heavy atom. The lowest BCUT2D eigenvalue weighted by atomic mass is 9.95. The molecule has 0 saturated carbocycles. The van der Waals surface area contributed by atoms with Gasteiger partial charge in [0.2, 0.25) is 5.91 Å². The smallest absolute Gasteiger partial charge is 0.227 e. The summed E-state index contributed by atoms with van der Waals surface area (Å²) in [6.07, 6.45) is 2.83. The molecule has 0 radical (unpaired) electrons. The van der Waals surface area contributed by atoms with Crippen LogP contribution in [0.1, 0.15) is 31.7 Å². The minimum Gasteiger partial charge on any atom is -0.335 e. The maximum atomic E-state index is 13.6. The zero-order valence-electron chi connectivity index (χ0n) is 11.6. The van der Waals surface area contributed by atoms with Gasteiger partial charge in [0.25, 0.3) is 0 Å². The Morgan fingerprint density at radius 2 is 2.15 bits per heavy atom. The van der Waals surface area contributed by atoms with Crippen molar-refractivity contribution >= 4 is 5.91 Å². The Morgan fingerprint density at radius 3 is 2.80 bits per heavy atom. The number of nitrogens with two attached hydrogens (primary N) is 1. The van der Waals surface area contributed by atoms with Gasteiger partial charge in [0.1, 0.15) is 11.6 Å². The van der Waals surface area contributed by atoms with E-state index in [1.54, 1.807) is 4.90 Å². The van der Waals surface area contributed by atoms with Gasteiger partial charge in [-0.15, -0.1) is 0 Å². The lowest BCUT2D eigenvalue weighted by molar-refractivity contribution is -0.136. The second-order valence-corrected chi connectivity index (χ2v) is 5.38. The number of nitrogens with zero attached hydrogens (tertiary/aromatic N) is 1. The molecule has 5 heteroatoms. The number of carbonyl (C=O) groups excluding carboxylic acids is 1. The predicted molar refractivity (Wildman–Crippen MR) is 73.1 cm³/mol. The molecule has 0 aliphatic carbocycles. The van der Waals surface area contributed by atoms with Crippen molar-refractivity contribution in [3.05, 3.63) is 35.4 Å². The average molecular weight is 282 g/mol. The SMILES string of the molecule is CC1CCCC(CN)N1C(=O)Cc1ccc(F)cc1F. The van der Waals surface area contributed by atoms with Gasteiger partial charge in [-0.25, -0.2) is 8.78 Å². The molecule has 1 aromatic carbocycles. The van der Waals surface area contributed by atoms with Gasteiger partial charge in [0.15, 0.2) is 0 Å². The number of carbonyl (C=O) groups is 1. The summed E-state index contributed by atoms with van der Waals surface area (Å²) in [4.78, 5) is 14.2. The summed E-state index contributed by atoms with van der Waals surface area (Å²) < 4.78 is 26.5. The van der Waals surface area contributed by atoms with Crippen molar-refractivity contribution in [1.82, 2.24) is 4.90 Å². The van der Waals surface area contributed by atoms with E-state index in [1.807, 2.05) is 6.92 Å². The fourth-order valence-electron chi connectivity index (χ4n) is 2.89. The molecule has 1 heterocycles. The van der Waals surface area contributed by atoms with Gasteiger partial charge in [-0.2, -0.15) is 0 Å². The van der Waals surface area contributed by atoms with Gasteiger partial charge in [0.05, 0.1) is 6.42 Å². The second kappa shape index (κ2) is 6.31. The molecule has 1 saturated heterocycles.